The van der Waals surface area contributed by atoms with Crippen LogP contribution in [-0.2, 0) is 4.79 Å². The molecule has 0 heterocycles. The molecule has 0 aliphatic heterocycles. The Hall–Kier alpha value is -0.570. The third-order valence-corrected chi connectivity index (χ3v) is 3.15. The smallest absolute Gasteiger partial charge is 0.304 e. The SMILES string of the molecule is CC1CCCC(C)CCC1.NCCC(=O)O. The average molecular weight is 229 g/mol. The lowest BCUT2D eigenvalue weighted by atomic mass is 9.88. The van der Waals surface area contributed by atoms with Gasteiger partial charge in [0, 0.05) is 6.54 Å². The van der Waals surface area contributed by atoms with E-state index in [4.69, 9.17) is 10.8 Å². The maximum Gasteiger partial charge on any atom is 0.304 e. The van der Waals surface area contributed by atoms with Gasteiger partial charge in [-0.2, -0.15) is 0 Å². The number of rotatable bonds is 2. The van der Waals surface area contributed by atoms with Gasteiger partial charge >= 0.3 is 5.97 Å². The predicted molar refractivity (Wildman–Crippen MR) is 67.3 cm³/mol. The molecule has 0 amide bonds. The highest BCUT2D eigenvalue weighted by molar-refractivity contribution is 5.66. The van der Waals surface area contributed by atoms with Gasteiger partial charge in [-0.15, -0.1) is 0 Å². The predicted octanol–water partition coefficient (Wildman–Crippen LogP) is 3.03. The topological polar surface area (TPSA) is 63.3 Å². The van der Waals surface area contributed by atoms with E-state index in [1.807, 2.05) is 0 Å². The van der Waals surface area contributed by atoms with Gasteiger partial charge in [0.05, 0.1) is 6.42 Å². The van der Waals surface area contributed by atoms with Gasteiger partial charge in [-0.1, -0.05) is 52.4 Å². The summed E-state index contributed by atoms with van der Waals surface area (Å²) in [5.74, 6) is 1.18. The number of carboxylic acid groups (broad SMARTS) is 1. The fourth-order valence-electron chi connectivity index (χ4n) is 2.04. The second kappa shape index (κ2) is 9.64. The van der Waals surface area contributed by atoms with E-state index >= 15 is 0 Å². The fraction of sp³-hybridized carbons (Fsp3) is 0.923. The lowest BCUT2D eigenvalue weighted by Crippen LogP contribution is -2.05. The summed E-state index contributed by atoms with van der Waals surface area (Å²) in [5.41, 5.74) is 4.85. The molecule has 0 atom stereocenters. The van der Waals surface area contributed by atoms with Crippen molar-refractivity contribution in [3.63, 3.8) is 0 Å². The Bertz CT molecular complexity index is 163. The number of carbonyl (C=O) groups is 1. The molecule has 0 radical (unpaired) electrons. The lowest BCUT2D eigenvalue weighted by Gasteiger charge is -2.18. The Kier molecular flexibility index (Phi) is 9.30. The molecule has 3 heteroatoms. The van der Waals surface area contributed by atoms with Crippen molar-refractivity contribution in [3.8, 4) is 0 Å². The molecule has 3 N–H and O–H groups in total. The van der Waals surface area contributed by atoms with Gasteiger partial charge in [-0.05, 0) is 11.8 Å². The zero-order valence-electron chi connectivity index (χ0n) is 10.7. The minimum absolute atomic E-state index is 0.0694. The molecule has 0 spiro atoms. The molecule has 0 aromatic carbocycles. The van der Waals surface area contributed by atoms with Crippen molar-refractivity contribution in [1.82, 2.24) is 0 Å². The van der Waals surface area contributed by atoms with E-state index < -0.39 is 5.97 Å². The Morgan fingerprint density at radius 3 is 1.69 bits per heavy atom. The fourth-order valence-corrected chi connectivity index (χ4v) is 2.04. The van der Waals surface area contributed by atoms with Gasteiger partial charge in [-0.25, -0.2) is 0 Å². The quantitative estimate of drug-likeness (QED) is 0.765. The van der Waals surface area contributed by atoms with Crippen molar-refractivity contribution in [2.45, 2.75) is 58.8 Å². The van der Waals surface area contributed by atoms with Gasteiger partial charge < -0.3 is 10.8 Å². The third kappa shape index (κ3) is 9.97. The standard InChI is InChI=1S/C10H20.C3H7NO2/c1-9-5-3-7-10(2)8-4-6-9;4-2-1-3(5)6/h9-10H,3-8H2,1-2H3;1-2,4H2,(H,5,6). The molecule has 16 heavy (non-hydrogen) atoms. The molecule has 3 nitrogen and oxygen atoms in total. The van der Waals surface area contributed by atoms with E-state index in [9.17, 15) is 4.79 Å². The zero-order valence-corrected chi connectivity index (χ0v) is 10.7. The summed E-state index contributed by atoms with van der Waals surface area (Å²) in [5, 5.41) is 7.83. The molecule has 1 aliphatic carbocycles. The van der Waals surface area contributed by atoms with E-state index in [0.717, 1.165) is 11.8 Å². The summed E-state index contributed by atoms with van der Waals surface area (Å²) in [7, 11) is 0. The first-order valence-corrected chi connectivity index (χ1v) is 6.48. The lowest BCUT2D eigenvalue weighted by molar-refractivity contribution is -0.136. The molecular weight excluding hydrogens is 202 g/mol. The minimum Gasteiger partial charge on any atom is -0.481 e. The molecule has 1 rings (SSSR count). The Morgan fingerprint density at radius 1 is 1.12 bits per heavy atom. The van der Waals surface area contributed by atoms with Crippen LogP contribution in [0.4, 0.5) is 0 Å². The van der Waals surface area contributed by atoms with Crippen LogP contribution in [0.25, 0.3) is 0 Å². The number of nitrogens with two attached hydrogens (primary N) is 1. The highest BCUT2D eigenvalue weighted by atomic mass is 16.4. The second-order valence-corrected chi connectivity index (χ2v) is 5.00. The van der Waals surface area contributed by atoms with Crippen LogP contribution in [0.3, 0.4) is 0 Å². The molecule has 1 fully saturated rings. The highest BCUT2D eigenvalue weighted by Gasteiger charge is 2.09. The van der Waals surface area contributed by atoms with Crippen LogP contribution in [0.1, 0.15) is 58.8 Å². The summed E-state index contributed by atoms with van der Waals surface area (Å²) in [4.78, 5) is 9.52. The zero-order chi connectivity index (χ0) is 12.4. The molecule has 0 unspecified atom stereocenters. The van der Waals surface area contributed by atoms with Crippen molar-refractivity contribution >= 4 is 5.97 Å². The number of hydrogen-bond donors (Lipinski definition) is 2. The second-order valence-electron chi connectivity index (χ2n) is 5.00. The number of hydrogen-bond acceptors (Lipinski definition) is 2. The van der Waals surface area contributed by atoms with Gasteiger partial charge in [0.15, 0.2) is 0 Å². The van der Waals surface area contributed by atoms with Crippen LogP contribution in [0.2, 0.25) is 0 Å². The Morgan fingerprint density at radius 2 is 1.50 bits per heavy atom. The molecule has 0 bridgehead atoms. The van der Waals surface area contributed by atoms with Crippen molar-refractivity contribution in [1.29, 1.82) is 0 Å². The molecule has 0 aromatic rings. The van der Waals surface area contributed by atoms with Crippen LogP contribution < -0.4 is 5.73 Å². The van der Waals surface area contributed by atoms with E-state index in [1.54, 1.807) is 0 Å². The van der Waals surface area contributed by atoms with Crippen LogP contribution in [-0.4, -0.2) is 17.6 Å². The summed E-state index contributed by atoms with van der Waals surface area (Å²) < 4.78 is 0. The number of carboxylic acids is 1. The molecule has 1 saturated carbocycles. The van der Waals surface area contributed by atoms with E-state index in [2.05, 4.69) is 13.8 Å². The Balaban J connectivity index is 0.000000325. The van der Waals surface area contributed by atoms with Gasteiger partial charge in [0.1, 0.15) is 0 Å². The molecule has 96 valence electrons. The average Bonchev–Trinajstić information content (AvgIpc) is 2.15. The first-order valence-electron chi connectivity index (χ1n) is 6.48. The molecule has 1 aliphatic rings. The minimum atomic E-state index is -0.836. The monoisotopic (exact) mass is 229 g/mol. The summed E-state index contributed by atoms with van der Waals surface area (Å²) in [6, 6.07) is 0. The maximum atomic E-state index is 9.52. The van der Waals surface area contributed by atoms with E-state index in [1.165, 1.54) is 38.5 Å². The number of aliphatic carboxylic acids is 1. The van der Waals surface area contributed by atoms with E-state index in [0.29, 0.717) is 0 Å². The molecule has 0 aromatic heterocycles. The van der Waals surface area contributed by atoms with Crippen LogP contribution in [0.5, 0.6) is 0 Å². The van der Waals surface area contributed by atoms with Crippen LogP contribution in [0, 0.1) is 11.8 Å². The van der Waals surface area contributed by atoms with Gasteiger partial charge in [0.25, 0.3) is 0 Å². The first kappa shape index (κ1) is 15.4. The molecule has 0 saturated heterocycles. The molecular formula is C13H27NO2. The Labute approximate surface area is 99.4 Å². The highest BCUT2D eigenvalue weighted by Crippen LogP contribution is 2.24. The van der Waals surface area contributed by atoms with Crippen LogP contribution >= 0.6 is 0 Å². The third-order valence-electron chi connectivity index (χ3n) is 3.15. The van der Waals surface area contributed by atoms with Gasteiger partial charge in [-0.3, -0.25) is 4.79 Å². The first-order chi connectivity index (χ1) is 7.56. The van der Waals surface area contributed by atoms with Crippen LogP contribution in [0.15, 0.2) is 0 Å². The normalized spacial score (nSPS) is 25.9. The maximum absolute atomic E-state index is 9.52. The van der Waals surface area contributed by atoms with Gasteiger partial charge in [0.2, 0.25) is 0 Å². The van der Waals surface area contributed by atoms with Crippen molar-refractivity contribution in [2.24, 2.45) is 17.6 Å². The van der Waals surface area contributed by atoms with Crippen molar-refractivity contribution < 1.29 is 9.90 Å². The van der Waals surface area contributed by atoms with Crippen molar-refractivity contribution in [3.05, 3.63) is 0 Å². The summed E-state index contributed by atoms with van der Waals surface area (Å²) >= 11 is 0. The summed E-state index contributed by atoms with van der Waals surface area (Å²) in [6.07, 6.45) is 8.92. The van der Waals surface area contributed by atoms with Crippen molar-refractivity contribution in [2.75, 3.05) is 6.54 Å². The summed E-state index contributed by atoms with van der Waals surface area (Å²) in [6.45, 7) is 5.03. The van der Waals surface area contributed by atoms with E-state index in [-0.39, 0.29) is 13.0 Å². The largest absolute Gasteiger partial charge is 0.481 e.